The summed E-state index contributed by atoms with van der Waals surface area (Å²) in [5, 5.41) is 2.46. The maximum Gasteiger partial charge on any atom is 0.318 e. The van der Waals surface area contributed by atoms with Crippen LogP contribution in [0.1, 0.15) is 33.0 Å². The number of ether oxygens (including phenoxy) is 1. The Kier molecular flexibility index (Phi) is 5.63. The number of rotatable bonds is 5. The fraction of sp³-hybridized carbons (Fsp3) is 0.261. The molecule has 1 saturated heterocycles. The molecule has 0 radical (unpaired) electrons. The highest BCUT2D eigenvalue weighted by Crippen LogP contribution is 2.36. The summed E-state index contributed by atoms with van der Waals surface area (Å²) in [5.74, 6) is -0.843. The molecule has 30 heavy (non-hydrogen) atoms. The van der Waals surface area contributed by atoms with Gasteiger partial charge in [0.2, 0.25) is 0 Å². The first kappa shape index (κ1) is 20.2. The van der Waals surface area contributed by atoms with Crippen molar-refractivity contribution in [1.29, 1.82) is 0 Å². The van der Waals surface area contributed by atoms with E-state index in [9.17, 15) is 14.0 Å². The Morgan fingerprint density at radius 2 is 2.00 bits per heavy atom. The first-order valence-corrected chi connectivity index (χ1v) is 10.5. The van der Waals surface area contributed by atoms with Gasteiger partial charge in [0.05, 0.1) is 12.1 Å². The highest BCUT2D eigenvalue weighted by atomic mass is 32.1. The number of amides is 1. The van der Waals surface area contributed by atoms with Crippen LogP contribution in [-0.4, -0.2) is 42.0 Å². The van der Waals surface area contributed by atoms with Crippen molar-refractivity contribution in [3.8, 4) is 0 Å². The Balaban J connectivity index is 1.52. The van der Waals surface area contributed by atoms with Crippen LogP contribution >= 0.6 is 11.3 Å². The van der Waals surface area contributed by atoms with Crippen LogP contribution in [0.3, 0.4) is 0 Å². The van der Waals surface area contributed by atoms with Gasteiger partial charge in [0.15, 0.2) is 0 Å². The number of carbonyl (C=O) groups excluding carboxylic acids is 2. The van der Waals surface area contributed by atoms with E-state index in [1.165, 1.54) is 30.6 Å². The van der Waals surface area contributed by atoms with E-state index >= 15 is 0 Å². The fourth-order valence-corrected chi connectivity index (χ4v) is 4.73. The third-order valence-corrected chi connectivity index (χ3v) is 6.32. The SMILES string of the molecule is COC(=O)[C@@]1(c2ccccc2)CCN(C(=O)c2csc(Cc3cccc(F)c3)n2)C1. The van der Waals surface area contributed by atoms with Gasteiger partial charge in [-0.05, 0) is 29.7 Å². The van der Waals surface area contributed by atoms with Crippen molar-refractivity contribution in [1.82, 2.24) is 9.88 Å². The van der Waals surface area contributed by atoms with Gasteiger partial charge in [-0.15, -0.1) is 11.3 Å². The largest absolute Gasteiger partial charge is 0.468 e. The second-order valence-electron chi connectivity index (χ2n) is 7.35. The van der Waals surface area contributed by atoms with E-state index in [0.717, 1.165) is 16.1 Å². The third-order valence-electron chi connectivity index (χ3n) is 5.47. The molecule has 1 aliphatic rings. The van der Waals surface area contributed by atoms with Gasteiger partial charge >= 0.3 is 5.97 Å². The zero-order chi connectivity index (χ0) is 21.1. The summed E-state index contributed by atoms with van der Waals surface area (Å²) in [5.41, 5.74) is 1.13. The number of nitrogens with zero attached hydrogens (tertiary/aromatic N) is 2. The van der Waals surface area contributed by atoms with Crippen LogP contribution in [0.4, 0.5) is 4.39 Å². The summed E-state index contributed by atoms with van der Waals surface area (Å²) in [4.78, 5) is 31.8. The zero-order valence-electron chi connectivity index (χ0n) is 16.5. The number of esters is 1. The molecule has 1 amide bonds. The van der Waals surface area contributed by atoms with Crippen LogP contribution in [-0.2, 0) is 21.4 Å². The van der Waals surface area contributed by atoms with Crippen LogP contribution < -0.4 is 0 Å². The summed E-state index contributed by atoms with van der Waals surface area (Å²) in [6.07, 6.45) is 0.960. The predicted octanol–water partition coefficient (Wildman–Crippen LogP) is 3.83. The number of aromatic nitrogens is 1. The molecule has 1 fully saturated rings. The van der Waals surface area contributed by atoms with Gasteiger partial charge in [-0.3, -0.25) is 9.59 Å². The smallest absolute Gasteiger partial charge is 0.318 e. The molecule has 1 aliphatic heterocycles. The quantitative estimate of drug-likeness (QED) is 0.584. The van der Waals surface area contributed by atoms with Crippen molar-refractivity contribution in [3.05, 3.63) is 87.6 Å². The van der Waals surface area contributed by atoms with Gasteiger partial charge in [-0.1, -0.05) is 42.5 Å². The van der Waals surface area contributed by atoms with Crippen LogP contribution in [0.25, 0.3) is 0 Å². The van der Waals surface area contributed by atoms with E-state index in [2.05, 4.69) is 4.98 Å². The molecule has 0 spiro atoms. The lowest BCUT2D eigenvalue weighted by Crippen LogP contribution is -2.41. The number of carbonyl (C=O) groups is 2. The lowest BCUT2D eigenvalue weighted by atomic mass is 9.79. The molecule has 0 bridgehead atoms. The van der Waals surface area contributed by atoms with Crippen LogP contribution in [0, 0.1) is 5.82 Å². The minimum absolute atomic E-state index is 0.210. The van der Waals surface area contributed by atoms with Crippen molar-refractivity contribution >= 4 is 23.2 Å². The van der Waals surface area contributed by atoms with E-state index in [1.54, 1.807) is 16.3 Å². The zero-order valence-corrected chi connectivity index (χ0v) is 17.3. The monoisotopic (exact) mass is 424 g/mol. The topological polar surface area (TPSA) is 59.5 Å². The Bertz CT molecular complexity index is 1070. The second-order valence-corrected chi connectivity index (χ2v) is 8.29. The van der Waals surface area contributed by atoms with Crippen molar-refractivity contribution < 1.29 is 18.7 Å². The van der Waals surface area contributed by atoms with Crippen molar-refractivity contribution in [2.75, 3.05) is 20.2 Å². The van der Waals surface area contributed by atoms with Crippen LogP contribution in [0.2, 0.25) is 0 Å². The number of methoxy groups -OCH3 is 1. The highest BCUT2D eigenvalue weighted by Gasteiger charge is 2.48. The average Bonchev–Trinajstić information content (AvgIpc) is 3.42. The Labute approximate surface area is 178 Å². The lowest BCUT2D eigenvalue weighted by molar-refractivity contribution is -0.147. The fourth-order valence-electron chi connectivity index (χ4n) is 3.93. The molecule has 4 rings (SSSR count). The lowest BCUT2D eigenvalue weighted by Gasteiger charge is -2.26. The molecule has 3 aromatic rings. The van der Waals surface area contributed by atoms with E-state index < -0.39 is 5.41 Å². The molecular weight excluding hydrogens is 403 g/mol. The standard InChI is InChI=1S/C23H21FN2O3S/c1-29-22(28)23(17-7-3-2-4-8-17)10-11-26(15-23)21(27)19-14-30-20(25-19)13-16-6-5-9-18(24)12-16/h2-9,12,14H,10-11,13,15H2,1H3/t23-/m0/s1. The molecule has 2 aromatic carbocycles. The first-order chi connectivity index (χ1) is 14.5. The second kappa shape index (κ2) is 8.36. The molecular formula is C23H21FN2O3S. The Morgan fingerprint density at radius 3 is 2.73 bits per heavy atom. The molecule has 154 valence electrons. The highest BCUT2D eigenvalue weighted by molar-refractivity contribution is 7.09. The number of thiazole rings is 1. The van der Waals surface area contributed by atoms with Gasteiger partial charge in [0, 0.05) is 24.9 Å². The van der Waals surface area contributed by atoms with E-state index in [0.29, 0.717) is 25.1 Å². The van der Waals surface area contributed by atoms with Gasteiger partial charge in [-0.25, -0.2) is 9.37 Å². The first-order valence-electron chi connectivity index (χ1n) is 9.64. The molecule has 1 atom stereocenters. The molecule has 5 nitrogen and oxygen atoms in total. The van der Waals surface area contributed by atoms with E-state index in [-0.39, 0.29) is 24.2 Å². The van der Waals surface area contributed by atoms with Crippen LogP contribution in [0.15, 0.2) is 60.0 Å². The summed E-state index contributed by atoms with van der Waals surface area (Å²) in [7, 11) is 1.37. The van der Waals surface area contributed by atoms with Crippen molar-refractivity contribution in [2.24, 2.45) is 0 Å². The van der Waals surface area contributed by atoms with Gasteiger partial charge in [0.25, 0.3) is 5.91 Å². The number of benzene rings is 2. The normalized spacial score (nSPS) is 18.4. The average molecular weight is 424 g/mol. The van der Waals surface area contributed by atoms with Gasteiger partial charge in [0.1, 0.15) is 16.9 Å². The number of likely N-dealkylation sites (tertiary alicyclic amines) is 1. The van der Waals surface area contributed by atoms with Crippen molar-refractivity contribution in [3.63, 3.8) is 0 Å². The molecule has 0 aliphatic carbocycles. The maximum atomic E-state index is 13.4. The number of halogens is 1. The van der Waals surface area contributed by atoms with Gasteiger partial charge < -0.3 is 9.64 Å². The summed E-state index contributed by atoms with van der Waals surface area (Å²) < 4.78 is 18.5. The van der Waals surface area contributed by atoms with Gasteiger partial charge in [-0.2, -0.15) is 0 Å². The summed E-state index contributed by atoms with van der Waals surface area (Å²) in [6, 6.07) is 15.8. The van der Waals surface area contributed by atoms with E-state index in [4.69, 9.17) is 4.74 Å². The Hall–Kier alpha value is -3.06. The Morgan fingerprint density at radius 1 is 1.20 bits per heavy atom. The van der Waals surface area contributed by atoms with E-state index in [1.807, 2.05) is 36.4 Å². The molecule has 0 saturated carbocycles. The summed E-state index contributed by atoms with van der Waals surface area (Å²) in [6.45, 7) is 0.693. The number of hydrogen-bond acceptors (Lipinski definition) is 5. The summed E-state index contributed by atoms with van der Waals surface area (Å²) >= 11 is 1.37. The minimum Gasteiger partial charge on any atom is -0.468 e. The third kappa shape index (κ3) is 3.85. The molecule has 7 heteroatoms. The molecule has 0 unspecified atom stereocenters. The molecule has 0 N–H and O–H groups in total. The maximum absolute atomic E-state index is 13.4. The minimum atomic E-state index is -0.869. The molecule has 1 aromatic heterocycles. The number of hydrogen-bond donors (Lipinski definition) is 0. The molecule has 2 heterocycles. The van der Waals surface area contributed by atoms with Crippen molar-refractivity contribution in [2.45, 2.75) is 18.3 Å². The van der Waals surface area contributed by atoms with Crippen LogP contribution in [0.5, 0.6) is 0 Å². The predicted molar refractivity (Wildman–Crippen MR) is 112 cm³/mol.